The molecule has 1 aliphatic carbocycles. The quantitative estimate of drug-likeness (QED) is 0.838. The summed E-state index contributed by atoms with van der Waals surface area (Å²) in [5, 5.41) is 10.2. The first-order valence-electron chi connectivity index (χ1n) is 6.33. The number of aliphatic hydroxyl groups excluding tert-OH is 1. The Morgan fingerprint density at radius 2 is 2.00 bits per heavy atom. The fourth-order valence-electron chi connectivity index (χ4n) is 2.35. The van der Waals surface area contributed by atoms with Crippen LogP contribution in [0.25, 0.3) is 0 Å². The minimum absolute atomic E-state index is 0.326. The molecule has 2 rings (SSSR count). The lowest BCUT2D eigenvalue weighted by molar-refractivity contribution is 0.0407. The molecule has 1 aromatic rings. The van der Waals surface area contributed by atoms with E-state index in [1.54, 1.807) is 20.3 Å². The molecule has 0 bridgehead atoms. The molecule has 0 aliphatic heterocycles. The largest absolute Gasteiger partial charge is 0.497 e. The van der Waals surface area contributed by atoms with Gasteiger partial charge in [-0.15, -0.1) is 0 Å². The van der Waals surface area contributed by atoms with Crippen LogP contribution in [-0.4, -0.2) is 25.4 Å². The number of ether oxygens (including phenoxy) is 2. The Kier molecular flexibility index (Phi) is 4.09. The van der Waals surface area contributed by atoms with E-state index in [0.717, 1.165) is 24.2 Å². The van der Waals surface area contributed by atoms with E-state index in [0.29, 0.717) is 11.7 Å². The third-order valence-electron chi connectivity index (χ3n) is 3.80. The predicted octanol–water partition coefficient (Wildman–Crippen LogP) is 1.86. The van der Waals surface area contributed by atoms with Crippen molar-refractivity contribution in [3.8, 4) is 11.5 Å². The molecule has 1 fully saturated rings. The molecule has 0 heterocycles. The van der Waals surface area contributed by atoms with Gasteiger partial charge in [-0.05, 0) is 30.9 Å². The molecular formula is C14H21NO3. The molecule has 0 spiro atoms. The highest BCUT2D eigenvalue weighted by molar-refractivity contribution is 5.42. The molecule has 1 aromatic carbocycles. The second kappa shape index (κ2) is 5.59. The van der Waals surface area contributed by atoms with Crippen molar-refractivity contribution in [3.63, 3.8) is 0 Å². The molecule has 4 heteroatoms. The average Bonchev–Trinajstić information content (AvgIpc) is 2.34. The van der Waals surface area contributed by atoms with Gasteiger partial charge in [0.25, 0.3) is 0 Å². The summed E-state index contributed by atoms with van der Waals surface area (Å²) in [4.78, 5) is 0. The summed E-state index contributed by atoms with van der Waals surface area (Å²) in [5.74, 6) is 1.72. The third-order valence-corrected chi connectivity index (χ3v) is 3.80. The lowest BCUT2D eigenvalue weighted by Gasteiger charge is -2.34. The molecule has 18 heavy (non-hydrogen) atoms. The van der Waals surface area contributed by atoms with Gasteiger partial charge in [0.05, 0.1) is 26.4 Å². The van der Waals surface area contributed by atoms with E-state index in [4.69, 9.17) is 15.2 Å². The molecule has 0 radical (unpaired) electrons. The van der Waals surface area contributed by atoms with Crippen molar-refractivity contribution in [2.24, 2.45) is 11.7 Å². The third kappa shape index (κ3) is 2.44. The van der Waals surface area contributed by atoms with Crippen LogP contribution in [0.2, 0.25) is 0 Å². The minimum Gasteiger partial charge on any atom is -0.497 e. The van der Waals surface area contributed by atoms with Crippen molar-refractivity contribution in [1.29, 1.82) is 0 Å². The number of hydrogen-bond acceptors (Lipinski definition) is 4. The van der Waals surface area contributed by atoms with Gasteiger partial charge in [-0.2, -0.15) is 0 Å². The molecule has 0 amide bonds. The van der Waals surface area contributed by atoms with E-state index < -0.39 is 12.1 Å². The first kappa shape index (κ1) is 13.2. The van der Waals surface area contributed by atoms with Crippen molar-refractivity contribution in [2.45, 2.75) is 31.4 Å². The highest BCUT2D eigenvalue weighted by atomic mass is 16.5. The Morgan fingerprint density at radius 3 is 2.50 bits per heavy atom. The maximum atomic E-state index is 10.2. The van der Waals surface area contributed by atoms with Crippen molar-refractivity contribution in [2.75, 3.05) is 14.2 Å². The van der Waals surface area contributed by atoms with Gasteiger partial charge in [-0.25, -0.2) is 0 Å². The van der Waals surface area contributed by atoms with E-state index in [-0.39, 0.29) is 0 Å². The zero-order valence-corrected chi connectivity index (χ0v) is 10.9. The number of aliphatic hydroxyl groups is 1. The molecule has 100 valence electrons. The summed E-state index contributed by atoms with van der Waals surface area (Å²) >= 11 is 0. The van der Waals surface area contributed by atoms with Crippen LogP contribution in [0.15, 0.2) is 18.2 Å². The number of nitrogens with two attached hydrogens (primary N) is 1. The Morgan fingerprint density at radius 1 is 1.28 bits per heavy atom. The highest BCUT2D eigenvalue weighted by Crippen LogP contribution is 2.37. The molecule has 3 N–H and O–H groups in total. The van der Waals surface area contributed by atoms with Crippen molar-refractivity contribution < 1.29 is 14.6 Å². The first-order valence-corrected chi connectivity index (χ1v) is 6.33. The summed E-state index contributed by atoms with van der Waals surface area (Å²) in [7, 11) is 3.21. The summed E-state index contributed by atoms with van der Waals surface area (Å²) in [6.45, 7) is 0. The number of methoxy groups -OCH3 is 2. The topological polar surface area (TPSA) is 64.7 Å². The van der Waals surface area contributed by atoms with Crippen LogP contribution >= 0.6 is 0 Å². The van der Waals surface area contributed by atoms with Gasteiger partial charge in [-0.1, -0.05) is 6.42 Å². The number of rotatable bonds is 5. The molecule has 4 nitrogen and oxygen atoms in total. The van der Waals surface area contributed by atoms with Crippen molar-refractivity contribution in [3.05, 3.63) is 23.8 Å². The molecule has 0 aromatic heterocycles. The maximum Gasteiger partial charge on any atom is 0.127 e. The van der Waals surface area contributed by atoms with Crippen molar-refractivity contribution in [1.82, 2.24) is 0 Å². The van der Waals surface area contributed by atoms with Crippen LogP contribution in [0.5, 0.6) is 11.5 Å². The van der Waals surface area contributed by atoms with Gasteiger partial charge in [0.2, 0.25) is 0 Å². The normalized spacial score (nSPS) is 18.9. The first-order chi connectivity index (χ1) is 8.67. The Balaban J connectivity index is 2.20. The smallest absolute Gasteiger partial charge is 0.127 e. The molecule has 2 atom stereocenters. The fraction of sp³-hybridized carbons (Fsp3) is 0.571. The molecule has 0 saturated heterocycles. The van der Waals surface area contributed by atoms with Crippen LogP contribution < -0.4 is 15.2 Å². The van der Waals surface area contributed by atoms with E-state index in [1.807, 2.05) is 12.1 Å². The molecular weight excluding hydrogens is 230 g/mol. The Labute approximate surface area is 108 Å². The van der Waals surface area contributed by atoms with E-state index in [1.165, 1.54) is 6.42 Å². The number of hydrogen-bond donors (Lipinski definition) is 2. The Hall–Kier alpha value is -1.26. The van der Waals surface area contributed by atoms with Gasteiger partial charge in [0.15, 0.2) is 0 Å². The predicted molar refractivity (Wildman–Crippen MR) is 69.8 cm³/mol. The molecule has 1 aliphatic rings. The van der Waals surface area contributed by atoms with Crippen molar-refractivity contribution >= 4 is 0 Å². The lowest BCUT2D eigenvalue weighted by atomic mass is 9.77. The van der Waals surface area contributed by atoms with E-state index >= 15 is 0 Å². The molecule has 1 saturated carbocycles. The maximum absolute atomic E-state index is 10.2. The van der Waals surface area contributed by atoms with Gasteiger partial charge >= 0.3 is 0 Å². The van der Waals surface area contributed by atoms with Crippen LogP contribution in [0.4, 0.5) is 0 Å². The second-order valence-electron chi connectivity index (χ2n) is 4.82. The Bertz CT molecular complexity index is 404. The van der Waals surface area contributed by atoms with E-state index in [2.05, 4.69) is 0 Å². The van der Waals surface area contributed by atoms with E-state index in [9.17, 15) is 5.11 Å². The SMILES string of the molecule is COc1ccc([C@H](N)[C@H](O)C2CCC2)c(OC)c1. The van der Waals surface area contributed by atoms with Gasteiger partial charge in [0, 0.05) is 11.6 Å². The van der Waals surface area contributed by atoms with Gasteiger partial charge < -0.3 is 20.3 Å². The highest BCUT2D eigenvalue weighted by Gasteiger charge is 2.31. The summed E-state index contributed by atoms with van der Waals surface area (Å²) in [6, 6.07) is 5.09. The zero-order valence-electron chi connectivity index (χ0n) is 10.9. The van der Waals surface area contributed by atoms with Gasteiger partial charge in [0.1, 0.15) is 11.5 Å². The summed E-state index contributed by atoms with van der Waals surface area (Å²) in [6.07, 6.45) is 2.82. The van der Waals surface area contributed by atoms with Crippen LogP contribution in [0.1, 0.15) is 30.9 Å². The summed E-state index contributed by atoms with van der Waals surface area (Å²) in [5.41, 5.74) is 6.98. The minimum atomic E-state index is -0.499. The molecule has 0 unspecified atom stereocenters. The van der Waals surface area contributed by atoms with Crippen LogP contribution in [-0.2, 0) is 0 Å². The number of benzene rings is 1. The zero-order chi connectivity index (χ0) is 13.1. The monoisotopic (exact) mass is 251 g/mol. The summed E-state index contributed by atoms with van der Waals surface area (Å²) < 4.78 is 10.5. The average molecular weight is 251 g/mol. The van der Waals surface area contributed by atoms with Crippen LogP contribution in [0, 0.1) is 5.92 Å². The van der Waals surface area contributed by atoms with Gasteiger partial charge in [-0.3, -0.25) is 0 Å². The lowest BCUT2D eigenvalue weighted by Crippen LogP contribution is -2.36. The fourth-order valence-corrected chi connectivity index (χ4v) is 2.35. The second-order valence-corrected chi connectivity index (χ2v) is 4.82. The standard InChI is InChI=1S/C14H21NO3/c1-17-10-6-7-11(12(8-10)18-2)13(15)14(16)9-4-3-5-9/h6-9,13-14,16H,3-5,15H2,1-2H3/t13-,14+/m0/s1. The van der Waals surface area contributed by atoms with Crippen LogP contribution in [0.3, 0.4) is 0 Å².